The van der Waals surface area contributed by atoms with Gasteiger partial charge in [0.2, 0.25) is 0 Å². The predicted octanol–water partition coefficient (Wildman–Crippen LogP) is 2.67. The van der Waals surface area contributed by atoms with E-state index >= 15 is 0 Å². The maximum absolute atomic E-state index is 13.0. The van der Waals surface area contributed by atoms with Gasteiger partial charge in [-0.1, -0.05) is 5.16 Å². The molecule has 2 rings (SSSR count). The van der Waals surface area contributed by atoms with E-state index in [1.54, 1.807) is 0 Å². The Morgan fingerprint density at radius 1 is 1.29 bits per heavy atom. The van der Waals surface area contributed by atoms with Crippen LogP contribution in [0.25, 0.3) is 11.3 Å². The Kier molecular flexibility index (Phi) is 4.37. The Hall–Kier alpha value is -2.21. The first-order valence-corrected chi connectivity index (χ1v) is 6.64. The molecule has 1 aromatic heterocycles. The van der Waals surface area contributed by atoms with Gasteiger partial charge < -0.3 is 14.9 Å². The molecule has 0 fully saturated rings. The van der Waals surface area contributed by atoms with E-state index < -0.39 is 6.10 Å². The number of nitrogens with one attached hydrogen (secondary N) is 1. The highest BCUT2D eigenvalue weighted by atomic mass is 19.1. The minimum Gasteiger partial charge on any atom is -0.385 e. The van der Waals surface area contributed by atoms with Gasteiger partial charge in [0, 0.05) is 11.6 Å². The van der Waals surface area contributed by atoms with Crippen molar-refractivity contribution >= 4 is 5.91 Å². The first-order valence-electron chi connectivity index (χ1n) is 6.64. The molecule has 112 valence electrons. The predicted molar refractivity (Wildman–Crippen MR) is 75.1 cm³/mol. The second kappa shape index (κ2) is 6.05. The van der Waals surface area contributed by atoms with Gasteiger partial charge >= 0.3 is 0 Å². The first kappa shape index (κ1) is 15.2. The maximum Gasteiger partial charge on any atom is 0.257 e. The number of aromatic nitrogens is 1. The van der Waals surface area contributed by atoms with Gasteiger partial charge in [-0.2, -0.15) is 0 Å². The second-order valence-electron chi connectivity index (χ2n) is 5.08. The summed E-state index contributed by atoms with van der Waals surface area (Å²) < 4.78 is 18.1. The smallest absolute Gasteiger partial charge is 0.257 e. The highest BCUT2D eigenvalue weighted by molar-refractivity contribution is 6.01. The van der Waals surface area contributed by atoms with Crippen LogP contribution in [-0.2, 0) is 0 Å². The molecule has 0 radical (unpaired) electrons. The number of rotatable bonds is 4. The molecule has 21 heavy (non-hydrogen) atoms. The van der Waals surface area contributed by atoms with Crippen molar-refractivity contribution in [2.75, 3.05) is 0 Å². The highest BCUT2D eigenvalue weighted by Gasteiger charge is 2.26. The lowest BCUT2D eigenvalue weighted by atomic mass is 10.0. The maximum atomic E-state index is 13.0. The van der Waals surface area contributed by atoms with Crippen LogP contribution in [0.4, 0.5) is 4.39 Å². The number of nitrogens with zero attached hydrogens (tertiary/aromatic N) is 1. The number of halogens is 1. The van der Waals surface area contributed by atoms with Crippen molar-refractivity contribution in [2.45, 2.75) is 32.9 Å². The van der Waals surface area contributed by atoms with E-state index in [1.165, 1.54) is 31.2 Å². The summed E-state index contributed by atoms with van der Waals surface area (Å²) in [5.74, 6) is -0.680. The van der Waals surface area contributed by atoms with Gasteiger partial charge in [0.1, 0.15) is 23.2 Å². The summed E-state index contributed by atoms with van der Waals surface area (Å²) in [7, 11) is 0. The standard InChI is InChI=1S/C15H17FN2O3/c1-8(2)17-15(20)12-13(18-21-14(12)9(3)19)10-4-6-11(16)7-5-10/h4-9,19H,1-3H3,(H,17,20)/t9-/m0/s1. The van der Waals surface area contributed by atoms with Crippen molar-refractivity contribution in [1.29, 1.82) is 0 Å². The number of benzene rings is 1. The quantitative estimate of drug-likeness (QED) is 0.908. The average Bonchev–Trinajstić information content (AvgIpc) is 2.83. The van der Waals surface area contributed by atoms with E-state index in [0.29, 0.717) is 5.56 Å². The van der Waals surface area contributed by atoms with E-state index in [1.807, 2.05) is 13.8 Å². The molecule has 0 aliphatic rings. The van der Waals surface area contributed by atoms with Crippen molar-refractivity contribution in [2.24, 2.45) is 0 Å². The van der Waals surface area contributed by atoms with Crippen molar-refractivity contribution in [3.63, 3.8) is 0 Å². The van der Waals surface area contributed by atoms with E-state index in [-0.39, 0.29) is 34.8 Å². The lowest BCUT2D eigenvalue weighted by Gasteiger charge is -2.10. The molecule has 1 heterocycles. The van der Waals surface area contributed by atoms with Crippen molar-refractivity contribution in [3.05, 3.63) is 41.4 Å². The fraction of sp³-hybridized carbons (Fsp3) is 0.333. The molecule has 0 aliphatic carbocycles. The summed E-state index contributed by atoms with van der Waals surface area (Å²) in [6, 6.07) is 5.48. The third-order valence-electron chi connectivity index (χ3n) is 2.86. The number of amides is 1. The fourth-order valence-corrected chi connectivity index (χ4v) is 1.95. The third-order valence-corrected chi connectivity index (χ3v) is 2.86. The first-order chi connectivity index (χ1) is 9.90. The van der Waals surface area contributed by atoms with E-state index in [0.717, 1.165) is 0 Å². The Balaban J connectivity index is 2.51. The van der Waals surface area contributed by atoms with Crippen LogP contribution in [0.1, 0.15) is 43.0 Å². The number of aliphatic hydroxyl groups is 1. The summed E-state index contributed by atoms with van der Waals surface area (Å²) in [5.41, 5.74) is 0.996. The molecule has 0 unspecified atom stereocenters. The minimum absolute atomic E-state index is 0.0738. The molecule has 6 heteroatoms. The molecule has 0 aliphatic heterocycles. The fourth-order valence-electron chi connectivity index (χ4n) is 1.95. The molecule has 1 amide bonds. The monoisotopic (exact) mass is 292 g/mol. The largest absolute Gasteiger partial charge is 0.385 e. The Morgan fingerprint density at radius 3 is 2.43 bits per heavy atom. The summed E-state index contributed by atoms with van der Waals surface area (Å²) >= 11 is 0. The van der Waals surface area contributed by atoms with Crippen LogP contribution in [0.3, 0.4) is 0 Å². The lowest BCUT2D eigenvalue weighted by Crippen LogP contribution is -2.31. The molecule has 2 aromatic rings. The minimum atomic E-state index is -0.973. The van der Waals surface area contributed by atoms with Gasteiger partial charge in [0.05, 0.1) is 0 Å². The van der Waals surface area contributed by atoms with Crippen LogP contribution in [-0.4, -0.2) is 22.2 Å². The lowest BCUT2D eigenvalue weighted by molar-refractivity contribution is 0.0930. The number of hydrogen-bond donors (Lipinski definition) is 2. The van der Waals surface area contributed by atoms with Crippen LogP contribution < -0.4 is 5.32 Å². The molecule has 0 saturated heterocycles. The van der Waals surface area contributed by atoms with Crippen molar-refractivity contribution in [1.82, 2.24) is 10.5 Å². The molecular weight excluding hydrogens is 275 g/mol. The Labute approximate surface area is 121 Å². The van der Waals surface area contributed by atoms with Crippen LogP contribution in [0, 0.1) is 5.82 Å². The SMILES string of the molecule is CC(C)NC(=O)c1c(-c2ccc(F)cc2)noc1[C@H](C)O. The average molecular weight is 292 g/mol. The molecule has 1 aromatic carbocycles. The zero-order valence-corrected chi connectivity index (χ0v) is 12.1. The van der Waals surface area contributed by atoms with Gasteiger partial charge in [-0.15, -0.1) is 0 Å². The number of carbonyl (C=O) groups excluding carboxylic acids is 1. The van der Waals surface area contributed by atoms with E-state index in [2.05, 4.69) is 10.5 Å². The summed E-state index contributed by atoms with van der Waals surface area (Å²) in [6.45, 7) is 5.14. The zero-order chi connectivity index (χ0) is 15.6. The molecule has 1 atom stereocenters. The number of carbonyl (C=O) groups is 1. The highest BCUT2D eigenvalue weighted by Crippen LogP contribution is 2.29. The molecule has 0 spiro atoms. The van der Waals surface area contributed by atoms with Gasteiger partial charge in [0.25, 0.3) is 5.91 Å². The van der Waals surface area contributed by atoms with Gasteiger partial charge in [-0.05, 0) is 45.0 Å². The van der Waals surface area contributed by atoms with E-state index in [4.69, 9.17) is 4.52 Å². The molecule has 5 nitrogen and oxygen atoms in total. The second-order valence-corrected chi connectivity index (χ2v) is 5.08. The van der Waals surface area contributed by atoms with Crippen LogP contribution in [0.5, 0.6) is 0 Å². The van der Waals surface area contributed by atoms with Crippen molar-refractivity contribution < 1.29 is 18.8 Å². The van der Waals surface area contributed by atoms with Gasteiger partial charge in [-0.3, -0.25) is 4.79 Å². The normalized spacial score (nSPS) is 12.5. The summed E-state index contributed by atoms with van der Waals surface area (Å²) in [4.78, 5) is 12.3. The zero-order valence-electron chi connectivity index (χ0n) is 12.1. The molecule has 2 N–H and O–H groups in total. The summed E-state index contributed by atoms with van der Waals surface area (Å²) in [6.07, 6.45) is -0.973. The van der Waals surface area contributed by atoms with Crippen LogP contribution in [0.15, 0.2) is 28.8 Å². The summed E-state index contributed by atoms with van der Waals surface area (Å²) in [5, 5.41) is 16.3. The topological polar surface area (TPSA) is 75.4 Å². The van der Waals surface area contributed by atoms with E-state index in [9.17, 15) is 14.3 Å². The Bertz CT molecular complexity index is 633. The molecule has 0 bridgehead atoms. The molecule has 0 saturated carbocycles. The van der Waals surface area contributed by atoms with Crippen LogP contribution >= 0.6 is 0 Å². The Morgan fingerprint density at radius 2 is 1.90 bits per heavy atom. The van der Waals surface area contributed by atoms with Gasteiger partial charge in [-0.25, -0.2) is 4.39 Å². The van der Waals surface area contributed by atoms with Crippen molar-refractivity contribution in [3.8, 4) is 11.3 Å². The van der Waals surface area contributed by atoms with Gasteiger partial charge in [0.15, 0.2) is 5.76 Å². The number of hydrogen-bond acceptors (Lipinski definition) is 4. The van der Waals surface area contributed by atoms with Crippen LogP contribution in [0.2, 0.25) is 0 Å². The third kappa shape index (κ3) is 3.28. The number of aliphatic hydroxyl groups excluding tert-OH is 1. The molecular formula is C15H17FN2O3.